The first-order chi connectivity index (χ1) is 12.6. The zero-order valence-electron chi connectivity index (χ0n) is 14.4. The Labute approximate surface area is 151 Å². The molecule has 1 aliphatic rings. The van der Waals surface area contributed by atoms with Crippen LogP contribution in [0.15, 0.2) is 54.9 Å². The lowest BCUT2D eigenvalue weighted by Crippen LogP contribution is -2.56. The van der Waals surface area contributed by atoms with Crippen molar-refractivity contribution in [2.75, 3.05) is 18.4 Å². The van der Waals surface area contributed by atoms with E-state index in [9.17, 15) is 4.79 Å². The highest BCUT2D eigenvalue weighted by molar-refractivity contribution is 5.97. The molecule has 128 valence electrons. The van der Waals surface area contributed by atoms with Crippen molar-refractivity contribution in [3.8, 4) is 17.2 Å². The molecular weight excluding hydrogens is 324 g/mol. The number of pyridine rings is 1. The van der Waals surface area contributed by atoms with Crippen LogP contribution in [0, 0.1) is 11.3 Å². The highest BCUT2D eigenvalue weighted by Gasteiger charge is 2.28. The molecule has 1 fully saturated rings. The van der Waals surface area contributed by atoms with Crippen molar-refractivity contribution in [3.05, 3.63) is 60.4 Å². The summed E-state index contributed by atoms with van der Waals surface area (Å²) >= 11 is 0. The Morgan fingerprint density at radius 2 is 2.08 bits per heavy atom. The maximum atomic E-state index is 11.4. The van der Waals surface area contributed by atoms with E-state index >= 15 is 0 Å². The smallest absolute Gasteiger partial charge is 0.219 e. The molecule has 3 aromatic rings. The van der Waals surface area contributed by atoms with Gasteiger partial charge in [0, 0.05) is 43.5 Å². The predicted octanol–water partition coefficient (Wildman–Crippen LogP) is 3.42. The Kier molecular flexibility index (Phi) is 4.02. The molecule has 5 nitrogen and oxygen atoms in total. The minimum absolute atomic E-state index is 0.108. The molecule has 1 saturated heterocycles. The van der Waals surface area contributed by atoms with Crippen LogP contribution in [0.25, 0.3) is 21.9 Å². The lowest BCUT2D eigenvalue weighted by molar-refractivity contribution is -0.132. The number of anilines is 1. The van der Waals surface area contributed by atoms with Crippen LogP contribution in [0.4, 0.5) is 5.69 Å². The molecule has 4 rings (SSSR count). The zero-order valence-corrected chi connectivity index (χ0v) is 14.4. The summed E-state index contributed by atoms with van der Waals surface area (Å²) in [6, 6.07) is 16.2. The van der Waals surface area contributed by atoms with E-state index in [4.69, 9.17) is 5.26 Å². The van der Waals surface area contributed by atoms with Crippen molar-refractivity contribution in [1.82, 2.24) is 9.88 Å². The van der Waals surface area contributed by atoms with Crippen LogP contribution in [-0.4, -0.2) is 34.9 Å². The van der Waals surface area contributed by atoms with Gasteiger partial charge in [-0.2, -0.15) is 5.26 Å². The second-order valence-electron chi connectivity index (χ2n) is 6.58. The molecule has 0 aliphatic carbocycles. The van der Waals surface area contributed by atoms with Crippen LogP contribution in [0.2, 0.25) is 0 Å². The number of benzene rings is 2. The van der Waals surface area contributed by atoms with Crippen LogP contribution in [0.5, 0.6) is 0 Å². The third-order valence-corrected chi connectivity index (χ3v) is 4.77. The van der Waals surface area contributed by atoms with Crippen LogP contribution >= 0.6 is 0 Å². The molecule has 1 amide bonds. The van der Waals surface area contributed by atoms with Crippen LogP contribution in [0.3, 0.4) is 0 Å². The van der Waals surface area contributed by atoms with Gasteiger partial charge in [-0.3, -0.25) is 9.78 Å². The third kappa shape index (κ3) is 2.98. The second-order valence-corrected chi connectivity index (χ2v) is 6.58. The number of carbonyl (C=O) groups excluding carboxylic acids is 1. The summed E-state index contributed by atoms with van der Waals surface area (Å²) in [7, 11) is 0. The minimum atomic E-state index is 0.108. The van der Waals surface area contributed by atoms with E-state index in [0.717, 1.165) is 27.6 Å². The van der Waals surface area contributed by atoms with Crippen molar-refractivity contribution in [2.45, 2.75) is 13.0 Å². The highest BCUT2D eigenvalue weighted by Crippen LogP contribution is 2.32. The Balaban J connectivity index is 1.72. The molecule has 0 spiro atoms. The summed E-state index contributed by atoms with van der Waals surface area (Å²) in [5.41, 5.74) is 3.69. The largest absolute Gasteiger partial charge is 0.378 e. The van der Waals surface area contributed by atoms with Gasteiger partial charge in [0.15, 0.2) is 0 Å². The highest BCUT2D eigenvalue weighted by atomic mass is 16.2. The molecule has 1 aliphatic heterocycles. The van der Waals surface area contributed by atoms with Gasteiger partial charge in [-0.25, -0.2) is 0 Å². The monoisotopic (exact) mass is 342 g/mol. The summed E-state index contributed by atoms with van der Waals surface area (Å²) < 4.78 is 0. The fourth-order valence-corrected chi connectivity index (χ4v) is 3.30. The third-order valence-electron chi connectivity index (χ3n) is 4.77. The zero-order chi connectivity index (χ0) is 18.1. The van der Waals surface area contributed by atoms with Crippen molar-refractivity contribution in [1.29, 1.82) is 5.26 Å². The maximum absolute atomic E-state index is 11.4. The molecule has 0 bridgehead atoms. The first-order valence-corrected chi connectivity index (χ1v) is 8.54. The summed E-state index contributed by atoms with van der Waals surface area (Å²) in [5, 5.41) is 14.8. The number of nitrogens with zero attached hydrogens (tertiary/aromatic N) is 3. The summed E-state index contributed by atoms with van der Waals surface area (Å²) in [5.74, 6) is 0.108. The average Bonchev–Trinajstić information content (AvgIpc) is 2.63. The van der Waals surface area contributed by atoms with Gasteiger partial charge < -0.3 is 10.2 Å². The van der Waals surface area contributed by atoms with Crippen LogP contribution in [0.1, 0.15) is 12.5 Å². The van der Waals surface area contributed by atoms with Crippen LogP contribution < -0.4 is 5.32 Å². The number of rotatable bonds is 3. The molecule has 0 atom stereocenters. The average molecular weight is 342 g/mol. The molecule has 5 heteroatoms. The van der Waals surface area contributed by atoms with E-state index in [1.807, 2.05) is 35.4 Å². The standard InChI is InChI=1S/C21H18N4O/c1-14(26)25-12-19(13-25)24-21-9-18(8-17-5-6-23-11-20(17)21)16-4-2-3-15(7-16)10-22/h2-9,11,19,24H,12-13H2,1H3. The van der Waals surface area contributed by atoms with Gasteiger partial charge in [0.2, 0.25) is 5.91 Å². The lowest BCUT2D eigenvalue weighted by atomic mass is 9.98. The Morgan fingerprint density at radius 1 is 1.23 bits per heavy atom. The van der Waals surface area contributed by atoms with Gasteiger partial charge in [-0.1, -0.05) is 12.1 Å². The topological polar surface area (TPSA) is 69.0 Å². The van der Waals surface area contributed by atoms with Gasteiger partial charge in [-0.15, -0.1) is 0 Å². The molecule has 0 unspecified atom stereocenters. The number of hydrogen-bond acceptors (Lipinski definition) is 4. The molecule has 0 radical (unpaired) electrons. The summed E-state index contributed by atoms with van der Waals surface area (Å²) in [4.78, 5) is 17.5. The van der Waals surface area contributed by atoms with Gasteiger partial charge >= 0.3 is 0 Å². The van der Waals surface area contributed by atoms with Gasteiger partial charge in [-0.05, 0) is 46.8 Å². The molecule has 1 N–H and O–H groups in total. The number of nitriles is 1. The Bertz CT molecular complexity index is 1030. The van der Waals surface area contributed by atoms with Gasteiger partial charge in [0.1, 0.15) is 0 Å². The molecule has 2 heterocycles. The van der Waals surface area contributed by atoms with E-state index in [2.05, 4.69) is 28.5 Å². The molecule has 2 aromatic carbocycles. The maximum Gasteiger partial charge on any atom is 0.219 e. The van der Waals surface area contributed by atoms with Crippen molar-refractivity contribution < 1.29 is 4.79 Å². The van der Waals surface area contributed by atoms with Crippen molar-refractivity contribution in [2.24, 2.45) is 0 Å². The van der Waals surface area contributed by atoms with E-state index in [-0.39, 0.29) is 11.9 Å². The minimum Gasteiger partial charge on any atom is -0.378 e. The molecule has 1 aromatic heterocycles. The number of likely N-dealkylation sites (tertiary alicyclic amines) is 1. The summed E-state index contributed by atoms with van der Waals surface area (Å²) in [6.07, 6.45) is 3.64. The van der Waals surface area contributed by atoms with E-state index in [1.165, 1.54) is 0 Å². The molecule has 26 heavy (non-hydrogen) atoms. The van der Waals surface area contributed by atoms with Crippen molar-refractivity contribution >= 4 is 22.4 Å². The first-order valence-electron chi connectivity index (χ1n) is 8.54. The number of carbonyl (C=O) groups is 1. The summed E-state index contributed by atoms with van der Waals surface area (Å²) in [6.45, 7) is 3.02. The number of hydrogen-bond donors (Lipinski definition) is 1. The Hall–Kier alpha value is -3.39. The molecule has 0 saturated carbocycles. The normalized spacial score (nSPS) is 13.9. The Morgan fingerprint density at radius 3 is 2.85 bits per heavy atom. The van der Waals surface area contributed by atoms with E-state index in [0.29, 0.717) is 18.7 Å². The first kappa shape index (κ1) is 16.1. The SMILES string of the molecule is CC(=O)N1CC(Nc2cc(-c3cccc(C#N)c3)cc3ccncc23)C1. The quantitative estimate of drug-likeness (QED) is 0.792. The van der Waals surface area contributed by atoms with E-state index in [1.54, 1.807) is 19.2 Å². The second kappa shape index (κ2) is 6.49. The molecular formula is C21H18N4O. The van der Waals surface area contributed by atoms with Crippen molar-refractivity contribution in [3.63, 3.8) is 0 Å². The van der Waals surface area contributed by atoms with E-state index < -0.39 is 0 Å². The lowest BCUT2D eigenvalue weighted by Gasteiger charge is -2.39. The van der Waals surface area contributed by atoms with Gasteiger partial charge in [0.25, 0.3) is 0 Å². The number of fused-ring (bicyclic) bond motifs is 1. The fraction of sp³-hybridized carbons (Fsp3) is 0.190. The number of amides is 1. The number of aromatic nitrogens is 1. The predicted molar refractivity (Wildman–Crippen MR) is 102 cm³/mol. The van der Waals surface area contributed by atoms with Gasteiger partial charge in [0.05, 0.1) is 17.7 Å². The number of nitrogens with one attached hydrogen (secondary N) is 1. The fourth-order valence-electron chi connectivity index (χ4n) is 3.30. The van der Waals surface area contributed by atoms with Crippen LogP contribution in [-0.2, 0) is 4.79 Å².